The van der Waals surface area contributed by atoms with Crippen LogP contribution in [0.1, 0.15) is 20.3 Å². The lowest BCUT2D eigenvalue weighted by atomic mass is 10.2. The zero-order valence-electron chi connectivity index (χ0n) is 5.64. The van der Waals surface area contributed by atoms with Gasteiger partial charge in [0.25, 0.3) is 0 Å². The van der Waals surface area contributed by atoms with E-state index >= 15 is 0 Å². The number of carbonyl (C=O) groups is 1. The van der Waals surface area contributed by atoms with E-state index in [4.69, 9.17) is 5.11 Å². The molecule has 0 heterocycles. The largest absolute Gasteiger partial charge is 0.478 e. The molecule has 0 aliphatic rings. The number of hydrogen-bond acceptors (Lipinski definition) is 1. The van der Waals surface area contributed by atoms with E-state index in [0.717, 1.165) is 6.42 Å². The smallest absolute Gasteiger partial charge is 0.330 e. The van der Waals surface area contributed by atoms with E-state index in [-0.39, 0.29) is 5.48 Å². The van der Waals surface area contributed by atoms with Crippen molar-refractivity contribution >= 4 is 5.97 Å². The van der Waals surface area contributed by atoms with Gasteiger partial charge in [-0.3, -0.25) is 0 Å². The fourth-order valence-corrected chi connectivity index (χ4v) is 0.393. The lowest BCUT2D eigenvalue weighted by molar-refractivity contribution is -0.132. The Hall–Kier alpha value is -0.830. The van der Waals surface area contributed by atoms with Crippen molar-refractivity contribution in [3.8, 4) is 0 Å². The third kappa shape index (κ3) is 5.03. The van der Waals surface area contributed by atoms with Gasteiger partial charge in [0, 0.05) is 5.57 Å². The predicted molar refractivity (Wildman–Crippen MR) is 35.3 cm³/mol. The second-order valence-corrected chi connectivity index (χ2v) is 1.60. The van der Waals surface area contributed by atoms with Crippen LogP contribution in [0.5, 0.6) is 0 Å². The molecule has 3 N–H and O–H groups in total. The van der Waals surface area contributed by atoms with Gasteiger partial charge in [0.2, 0.25) is 0 Å². The SMILES string of the molecule is CC/C=C(\C)C(=O)O.O. The van der Waals surface area contributed by atoms with Gasteiger partial charge in [-0.1, -0.05) is 13.0 Å². The molecule has 0 amide bonds. The highest BCUT2D eigenvalue weighted by Crippen LogP contribution is 1.92. The summed E-state index contributed by atoms with van der Waals surface area (Å²) in [5.41, 5.74) is 0.424. The average molecular weight is 132 g/mol. The minimum absolute atomic E-state index is 0. The molecule has 0 radical (unpaired) electrons. The first kappa shape index (κ1) is 11.0. The van der Waals surface area contributed by atoms with Crippen LogP contribution in [0.25, 0.3) is 0 Å². The molecule has 0 aromatic carbocycles. The van der Waals surface area contributed by atoms with Crippen molar-refractivity contribution < 1.29 is 15.4 Å². The summed E-state index contributed by atoms with van der Waals surface area (Å²) in [4.78, 5) is 10.0. The van der Waals surface area contributed by atoms with Gasteiger partial charge in [-0.05, 0) is 13.3 Å². The number of rotatable bonds is 2. The van der Waals surface area contributed by atoms with Crippen molar-refractivity contribution in [1.29, 1.82) is 0 Å². The first-order valence-electron chi connectivity index (χ1n) is 2.58. The van der Waals surface area contributed by atoms with E-state index in [9.17, 15) is 4.79 Å². The quantitative estimate of drug-likeness (QED) is 0.559. The van der Waals surface area contributed by atoms with E-state index in [1.807, 2.05) is 6.92 Å². The second kappa shape index (κ2) is 5.31. The highest BCUT2D eigenvalue weighted by molar-refractivity contribution is 5.85. The van der Waals surface area contributed by atoms with Gasteiger partial charge < -0.3 is 10.6 Å². The molecule has 0 fully saturated rings. The van der Waals surface area contributed by atoms with Gasteiger partial charge in [-0.25, -0.2) is 4.79 Å². The standard InChI is InChI=1S/C6H10O2.H2O/c1-3-4-5(2)6(7)8;/h4H,3H2,1-2H3,(H,7,8);1H2/b5-4+;. The molecule has 54 valence electrons. The van der Waals surface area contributed by atoms with E-state index < -0.39 is 5.97 Å². The van der Waals surface area contributed by atoms with Crippen LogP contribution in [0.4, 0.5) is 0 Å². The third-order valence-corrected chi connectivity index (χ3v) is 0.848. The Morgan fingerprint density at radius 2 is 2.11 bits per heavy atom. The Morgan fingerprint density at radius 1 is 1.67 bits per heavy atom. The summed E-state index contributed by atoms with van der Waals surface area (Å²) in [5, 5.41) is 8.24. The summed E-state index contributed by atoms with van der Waals surface area (Å²) in [6, 6.07) is 0. The summed E-state index contributed by atoms with van der Waals surface area (Å²) < 4.78 is 0. The number of aliphatic carboxylic acids is 1. The normalized spacial score (nSPS) is 10.2. The van der Waals surface area contributed by atoms with Gasteiger partial charge >= 0.3 is 5.97 Å². The minimum Gasteiger partial charge on any atom is -0.478 e. The zero-order valence-corrected chi connectivity index (χ0v) is 5.64. The van der Waals surface area contributed by atoms with Crippen LogP contribution in [0.15, 0.2) is 11.6 Å². The molecule has 0 unspecified atom stereocenters. The molecule has 0 saturated heterocycles. The Labute approximate surface area is 54.3 Å². The maximum absolute atomic E-state index is 10.0. The average Bonchev–Trinajstić information content (AvgIpc) is 1.67. The molecular formula is C6H12O3. The van der Waals surface area contributed by atoms with Gasteiger partial charge in [0.1, 0.15) is 0 Å². The summed E-state index contributed by atoms with van der Waals surface area (Å²) in [6.45, 7) is 3.50. The molecule has 0 aliphatic heterocycles. The van der Waals surface area contributed by atoms with Crippen LogP contribution in [-0.2, 0) is 4.79 Å². The van der Waals surface area contributed by atoms with Crippen LogP contribution in [0.2, 0.25) is 0 Å². The summed E-state index contributed by atoms with van der Waals surface area (Å²) in [5.74, 6) is -0.827. The van der Waals surface area contributed by atoms with Gasteiger partial charge in [0.15, 0.2) is 0 Å². The molecule has 0 rings (SSSR count). The molecule has 0 atom stereocenters. The second-order valence-electron chi connectivity index (χ2n) is 1.60. The molecule has 3 heteroatoms. The molecule has 0 aromatic heterocycles. The topological polar surface area (TPSA) is 68.8 Å². The third-order valence-electron chi connectivity index (χ3n) is 0.848. The van der Waals surface area contributed by atoms with Crippen molar-refractivity contribution in [2.45, 2.75) is 20.3 Å². The van der Waals surface area contributed by atoms with Crippen LogP contribution >= 0.6 is 0 Å². The lowest BCUT2D eigenvalue weighted by Crippen LogP contribution is -1.94. The van der Waals surface area contributed by atoms with Crippen LogP contribution in [0, 0.1) is 0 Å². The molecular weight excluding hydrogens is 120 g/mol. The molecule has 9 heavy (non-hydrogen) atoms. The van der Waals surface area contributed by atoms with Crippen LogP contribution in [0.3, 0.4) is 0 Å². The van der Waals surface area contributed by atoms with Crippen LogP contribution in [-0.4, -0.2) is 16.6 Å². The van der Waals surface area contributed by atoms with E-state index in [1.54, 1.807) is 13.0 Å². The summed E-state index contributed by atoms with van der Waals surface area (Å²) in [7, 11) is 0. The predicted octanol–water partition coefficient (Wildman–Crippen LogP) is 0.603. The van der Waals surface area contributed by atoms with Crippen molar-refractivity contribution in [3.63, 3.8) is 0 Å². The van der Waals surface area contributed by atoms with Gasteiger partial charge in [0.05, 0.1) is 0 Å². The molecule has 0 aromatic rings. The highest BCUT2D eigenvalue weighted by atomic mass is 16.4. The minimum atomic E-state index is -0.827. The Morgan fingerprint density at radius 3 is 2.22 bits per heavy atom. The summed E-state index contributed by atoms with van der Waals surface area (Å²) >= 11 is 0. The fourth-order valence-electron chi connectivity index (χ4n) is 0.393. The number of carboxylic acid groups (broad SMARTS) is 1. The zero-order chi connectivity index (χ0) is 6.57. The monoisotopic (exact) mass is 132 g/mol. The molecule has 0 saturated carbocycles. The first-order valence-corrected chi connectivity index (χ1v) is 2.58. The maximum atomic E-state index is 10.0. The summed E-state index contributed by atoms with van der Waals surface area (Å²) in [6.07, 6.45) is 2.47. The van der Waals surface area contributed by atoms with Crippen molar-refractivity contribution in [2.24, 2.45) is 0 Å². The van der Waals surface area contributed by atoms with E-state index in [1.165, 1.54) is 0 Å². The first-order chi connectivity index (χ1) is 3.68. The molecule has 0 spiro atoms. The number of allylic oxidation sites excluding steroid dienone is 1. The fraction of sp³-hybridized carbons (Fsp3) is 0.500. The molecule has 3 nitrogen and oxygen atoms in total. The Balaban J connectivity index is 0. The van der Waals surface area contributed by atoms with Crippen LogP contribution < -0.4 is 0 Å². The Bertz CT molecular complexity index is 115. The molecule has 0 bridgehead atoms. The Kier molecular flexibility index (Phi) is 6.51. The van der Waals surface area contributed by atoms with Gasteiger partial charge in [-0.2, -0.15) is 0 Å². The van der Waals surface area contributed by atoms with Crippen molar-refractivity contribution in [1.82, 2.24) is 0 Å². The van der Waals surface area contributed by atoms with Gasteiger partial charge in [-0.15, -0.1) is 0 Å². The number of hydrogen-bond donors (Lipinski definition) is 1. The number of carboxylic acids is 1. The maximum Gasteiger partial charge on any atom is 0.330 e. The molecule has 0 aliphatic carbocycles. The van der Waals surface area contributed by atoms with E-state index in [0.29, 0.717) is 5.57 Å². The van der Waals surface area contributed by atoms with E-state index in [2.05, 4.69) is 0 Å². The highest BCUT2D eigenvalue weighted by Gasteiger charge is 1.94. The van der Waals surface area contributed by atoms with Crippen molar-refractivity contribution in [2.75, 3.05) is 0 Å². The van der Waals surface area contributed by atoms with Crippen molar-refractivity contribution in [3.05, 3.63) is 11.6 Å². The lowest BCUT2D eigenvalue weighted by Gasteiger charge is -1.87.